The van der Waals surface area contributed by atoms with Gasteiger partial charge in [-0.25, -0.2) is 4.79 Å². The monoisotopic (exact) mass is 531 g/mol. The number of benzene rings is 3. The van der Waals surface area contributed by atoms with Crippen LogP contribution in [-0.4, -0.2) is 47.8 Å². The number of hydrogen-bond donors (Lipinski definition) is 2. The molecule has 204 valence electrons. The van der Waals surface area contributed by atoms with Gasteiger partial charge in [0.2, 0.25) is 0 Å². The maximum atomic E-state index is 13.4. The molecular formula is C28H32F3N3O4. The SMILES string of the molecule is C[C@](CCCN)(COc1ccc2ccccc2c1)N(OC(=O)C(F)(F)F)C(=O)[C@@H](N)CCc1ccccc1. The lowest BCUT2D eigenvalue weighted by atomic mass is 9.94. The number of alkyl halides is 3. The number of nitrogens with zero attached hydrogens (tertiary/aromatic N) is 1. The summed E-state index contributed by atoms with van der Waals surface area (Å²) in [5, 5.41) is 2.31. The molecule has 3 aromatic rings. The van der Waals surface area contributed by atoms with E-state index in [0.717, 1.165) is 16.3 Å². The third-order valence-electron chi connectivity index (χ3n) is 6.19. The molecule has 0 aliphatic rings. The molecule has 0 aliphatic carbocycles. The van der Waals surface area contributed by atoms with Crippen LogP contribution in [0, 0.1) is 0 Å². The normalized spacial score (nSPS) is 13.9. The zero-order chi connectivity index (χ0) is 27.8. The van der Waals surface area contributed by atoms with E-state index in [-0.39, 0.29) is 26.0 Å². The Kier molecular flexibility index (Phi) is 9.71. The first kappa shape index (κ1) is 28.9. The van der Waals surface area contributed by atoms with E-state index in [0.29, 0.717) is 23.7 Å². The van der Waals surface area contributed by atoms with E-state index in [9.17, 15) is 22.8 Å². The molecule has 0 unspecified atom stereocenters. The number of carbonyl (C=O) groups is 2. The lowest BCUT2D eigenvalue weighted by Gasteiger charge is -2.40. The molecule has 38 heavy (non-hydrogen) atoms. The molecule has 7 nitrogen and oxygen atoms in total. The first-order valence-corrected chi connectivity index (χ1v) is 12.3. The Morgan fingerprint density at radius 2 is 1.63 bits per heavy atom. The summed E-state index contributed by atoms with van der Waals surface area (Å²) in [6.07, 6.45) is -4.37. The molecule has 0 saturated heterocycles. The molecule has 3 aromatic carbocycles. The van der Waals surface area contributed by atoms with E-state index >= 15 is 0 Å². The number of carbonyl (C=O) groups excluding carboxylic acids is 2. The fraction of sp³-hybridized carbons (Fsp3) is 0.357. The van der Waals surface area contributed by atoms with Gasteiger partial charge in [-0.15, -0.1) is 0 Å². The number of amides is 1. The van der Waals surface area contributed by atoms with Crippen molar-refractivity contribution in [1.82, 2.24) is 5.06 Å². The van der Waals surface area contributed by atoms with Crippen LogP contribution < -0.4 is 16.2 Å². The second-order valence-corrected chi connectivity index (χ2v) is 9.33. The summed E-state index contributed by atoms with van der Waals surface area (Å²) in [6.45, 7) is 1.41. The fourth-order valence-corrected chi connectivity index (χ4v) is 4.01. The van der Waals surface area contributed by atoms with Gasteiger partial charge in [0.15, 0.2) is 0 Å². The summed E-state index contributed by atoms with van der Waals surface area (Å²) >= 11 is 0. The number of hydrogen-bond acceptors (Lipinski definition) is 6. The van der Waals surface area contributed by atoms with Crippen molar-refractivity contribution in [2.75, 3.05) is 13.2 Å². The maximum absolute atomic E-state index is 13.4. The van der Waals surface area contributed by atoms with Crippen molar-refractivity contribution in [3.8, 4) is 5.75 Å². The van der Waals surface area contributed by atoms with E-state index in [1.54, 1.807) is 12.1 Å². The standard InChI is InChI=1S/C28H32F3N3O4/c1-27(16-7-17-32,19-37-23-14-13-21-10-5-6-11-22(21)18-23)34(38-26(36)28(29,30)31)25(35)24(33)15-12-20-8-3-2-4-9-20/h2-6,8-11,13-14,18,24H,7,12,15-17,19,32-33H2,1H3/t24-,27-/m0/s1. The summed E-state index contributed by atoms with van der Waals surface area (Å²) in [5.41, 5.74) is 11.2. The van der Waals surface area contributed by atoms with Gasteiger partial charge in [-0.2, -0.15) is 18.2 Å². The number of halogens is 3. The molecule has 3 rings (SSSR count). The van der Waals surface area contributed by atoms with E-state index in [2.05, 4.69) is 4.84 Å². The van der Waals surface area contributed by atoms with Gasteiger partial charge in [-0.3, -0.25) is 4.79 Å². The second-order valence-electron chi connectivity index (χ2n) is 9.33. The highest BCUT2D eigenvalue weighted by Crippen LogP contribution is 2.29. The Balaban J connectivity index is 1.86. The lowest BCUT2D eigenvalue weighted by molar-refractivity contribution is -0.257. The highest BCUT2D eigenvalue weighted by molar-refractivity contribution is 5.85. The van der Waals surface area contributed by atoms with Crippen LogP contribution in [0.1, 0.15) is 31.7 Å². The highest BCUT2D eigenvalue weighted by Gasteiger charge is 2.48. The maximum Gasteiger partial charge on any atom is 0.493 e. The van der Waals surface area contributed by atoms with Crippen LogP contribution in [0.5, 0.6) is 5.75 Å². The molecule has 0 spiro atoms. The molecule has 0 aromatic heterocycles. The summed E-state index contributed by atoms with van der Waals surface area (Å²) in [4.78, 5) is 30.0. The minimum absolute atomic E-state index is 0.0966. The summed E-state index contributed by atoms with van der Waals surface area (Å²) < 4.78 is 45.5. The minimum atomic E-state index is -5.32. The fourth-order valence-electron chi connectivity index (χ4n) is 4.01. The quantitative estimate of drug-likeness (QED) is 0.352. The van der Waals surface area contributed by atoms with Gasteiger partial charge in [-0.1, -0.05) is 60.7 Å². The first-order valence-electron chi connectivity index (χ1n) is 12.3. The molecular weight excluding hydrogens is 499 g/mol. The molecule has 4 N–H and O–H groups in total. The molecule has 0 heterocycles. The molecule has 0 aliphatic heterocycles. The van der Waals surface area contributed by atoms with Crippen molar-refractivity contribution in [3.05, 3.63) is 78.4 Å². The van der Waals surface area contributed by atoms with Gasteiger partial charge in [0.1, 0.15) is 17.9 Å². The predicted molar refractivity (Wildman–Crippen MR) is 138 cm³/mol. The Hall–Kier alpha value is -3.63. The van der Waals surface area contributed by atoms with Crippen LogP contribution >= 0.6 is 0 Å². The van der Waals surface area contributed by atoms with Gasteiger partial charge >= 0.3 is 12.1 Å². The molecule has 0 fully saturated rings. The molecule has 10 heteroatoms. The molecule has 0 saturated carbocycles. The van der Waals surface area contributed by atoms with Crippen LogP contribution in [-0.2, 0) is 20.8 Å². The van der Waals surface area contributed by atoms with Crippen molar-refractivity contribution < 1.29 is 32.3 Å². The zero-order valence-electron chi connectivity index (χ0n) is 21.1. The highest BCUT2D eigenvalue weighted by atomic mass is 19.4. The van der Waals surface area contributed by atoms with Crippen molar-refractivity contribution >= 4 is 22.6 Å². The van der Waals surface area contributed by atoms with Gasteiger partial charge in [0, 0.05) is 0 Å². The largest absolute Gasteiger partial charge is 0.493 e. The van der Waals surface area contributed by atoms with Gasteiger partial charge in [0.05, 0.1) is 6.04 Å². The second kappa shape index (κ2) is 12.7. The molecule has 1 amide bonds. The van der Waals surface area contributed by atoms with Gasteiger partial charge in [-0.05, 0) is 67.6 Å². The van der Waals surface area contributed by atoms with Crippen LogP contribution in [0.2, 0.25) is 0 Å². The van der Waals surface area contributed by atoms with E-state index in [1.807, 2.05) is 60.7 Å². The Bertz CT molecular complexity index is 1220. The predicted octanol–water partition coefficient (Wildman–Crippen LogP) is 4.53. The molecule has 0 bridgehead atoms. The zero-order valence-corrected chi connectivity index (χ0v) is 21.1. The smallest absolute Gasteiger partial charge is 0.491 e. The summed E-state index contributed by atoms with van der Waals surface area (Å²) in [6, 6.07) is 20.9. The van der Waals surface area contributed by atoms with Gasteiger partial charge in [0.25, 0.3) is 5.91 Å². The van der Waals surface area contributed by atoms with E-state index < -0.39 is 29.6 Å². The topological polar surface area (TPSA) is 108 Å². The lowest BCUT2D eigenvalue weighted by Crippen LogP contribution is -2.59. The van der Waals surface area contributed by atoms with E-state index in [4.69, 9.17) is 16.2 Å². The third-order valence-corrected chi connectivity index (χ3v) is 6.19. The van der Waals surface area contributed by atoms with Crippen molar-refractivity contribution in [2.24, 2.45) is 11.5 Å². The number of ether oxygens (including phenoxy) is 1. The Morgan fingerprint density at radius 3 is 2.29 bits per heavy atom. The Morgan fingerprint density at radius 1 is 0.974 bits per heavy atom. The first-order chi connectivity index (χ1) is 18.0. The van der Waals surface area contributed by atoms with E-state index in [1.165, 1.54) is 6.92 Å². The van der Waals surface area contributed by atoms with Crippen molar-refractivity contribution in [1.29, 1.82) is 0 Å². The average Bonchev–Trinajstić information content (AvgIpc) is 2.91. The number of rotatable bonds is 11. The summed E-state index contributed by atoms with van der Waals surface area (Å²) in [5.74, 6) is -3.04. The van der Waals surface area contributed by atoms with Gasteiger partial charge < -0.3 is 21.0 Å². The third kappa shape index (κ3) is 7.69. The summed E-state index contributed by atoms with van der Waals surface area (Å²) in [7, 11) is 0. The van der Waals surface area contributed by atoms with Crippen molar-refractivity contribution in [3.63, 3.8) is 0 Å². The number of aryl methyl sites for hydroxylation is 1. The van der Waals surface area contributed by atoms with Crippen LogP contribution in [0.15, 0.2) is 72.8 Å². The number of nitrogens with two attached hydrogens (primary N) is 2. The van der Waals surface area contributed by atoms with Crippen LogP contribution in [0.25, 0.3) is 10.8 Å². The van der Waals surface area contributed by atoms with Crippen LogP contribution in [0.4, 0.5) is 13.2 Å². The number of hydroxylamine groups is 2. The number of fused-ring (bicyclic) bond motifs is 1. The molecule has 2 atom stereocenters. The van der Waals surface area contributed by atoms with Crippen LogP contribution in [0.3, 0.4) is 0 Å². The molecule has 0 radical (unpaired) electrons. The minimum Gasteiger partial charge on any atom is -0.491 e. The Labute approximate surface area is 219 Å². The average molecular weight is 532 g/mol. The van der Waals surface area contributed by atoms with Crippen molar-refractivity contribution in [2.45, 2.75) is 50.4 Å².